The van der Waals surface area contributed by atoms with Crippen molar-refractivity contribution in [2.75, 3.05) is 0 Å². The molecule has 0 spiro atoms. The third kappa shape index (κ3) is 4.00. The van der Waals surface area contributed by atoms with Gasteiger partial charge < -0.3 is 9.84 Å². The van der Waals surface area contributed by atoms with Crippen LogP contribution in [0, 0.1) is 0 Å². The van der Waals surface area contributed by atoms with Gasteiger partial charge in [-0.3, -0.25) is 4.79 Å². The van der Waals surface area contributed by atoms with Crippen molar-refractivity contribution in [1.29, 1.82) is 0 Å². The molecule has 0 radical (unpaired) electrons. The van der Waals surface area contributed by atoms with Crippen LogP contribution in [0.1, 0.15) is 18.1 Å². The van der Waals surface area contributed by atoms with Crippen molar-refractivity contribution < 1.29 is 14.6 Å². The second kappa shape index (κ2) is 6.25. The summed E-state index contributed by atoms with van der Waals surface area (Å²) < 4.78 is 5.73. The smallest absolute Gasteiger partial charge is 0.307 e. The summed E-state index contributed by atoms with van der Waals surface area (Å²) in [5.41, 5.74) is 0.824. The Balaban J connectivity index is 2.21. The summed E-state index contributed by atoms with van der Waals surface area (Å²) in [7, 11) is 0. The number of benzene rings is 2. The van der Waals surface area contributed by atoms with E-state index in [0.717, 1.165) is 5.56 Å². The van der Waals surface area contributed by atoms with E-state index in [1.54, 1.807) is 24.3 Å². The van der Waals surface area contributed by atoms with Crippen molar-refractivity contribution in [3.8, 4) is 5.75 Å². The van der Waals surface area contributed by atoms with Crippen molar-refractivity contribution in [2.24, 2.45) is 0 Å². The van der Waals surface area contributed by atoms with Crippen LogP contribution in [0.5, 0.6) is 5.75 Å². The molecular weight excluding hydrogens is 264 g/mol. The minimum absolute atomic E-state index is 0.101. The van der Waals surface area contributed by atoms with E-state index in [1.165, 1.54) is 0 Å². The van der Waals surface area contributed by atoms with Gasteiger partial charge in [-0.05, 0) is 23.8 Å². The first-order valence-electron chi connectivity index (χ1n) is 5.84. The molecule has 0 aromatic heterocycles. The van der Waals surface area contributed by atoms with Gasteiger partial charge in [0, 0.05) is 5.02 Å². The highest BCUT2D eigenvalue weighted by molar-refractivity contribution is 6.30. The van der Waals surface area contributed by atoms with Gasteiger partial charge in [0.05, 0.1) is 6.42 Å². The van der Waals surface area contributed by atoms with E-state index in [9.17, 15) is 4.79 Å². The number of ether oxygens (including phenoxy) is 1. The molecule has 19 heavy (non-hydrogen) atoms. The lowest BCUT2D eigenvalue weighted by Gasteiger charge is -2.18. The molecule has 0 amide bonds. The topological polar surface area (TPSA) is 46.5 Å². The third-order valence-corrected chi connectivity index (χ3v) is 2.84. The van der Waals surface area contributed by atoms with Crippen molar-refractivity contribution in [2.45, 2.75) is 12.5 Å². The van der Waals surface area contributed by atoms with Crippen LogP contribution < -0.4 is 4.74 Å². The summed E-state index contributed by atoms with van der Waals surface area (Å²) in [4.78, 5) is 10.9. The summed E-state index contributed by atoms with van der Waals surface area (Å²) in [5, 5.41) is 9.53. The molecule has 1 N–H and O–H groups in total. The van der Waals surface area contributed by atoms with Crippen LogP contribution in [-0.2, 0) is 4.79 Å². The number of rotatable bonds is 5. The quantitative estimate of drug-likeness (QED) is 0.900. The minimum Gasteiger partial charge on any atom is -0.485 e. The van der Waals surface area contributed by atoms with Crippen molar-refractivity contribution in [3.63, 3.8) is 0 Å². The molecule has 2 aromatic rings. The Morgan fingerprint density at radius 1 is 1.16 bits per heavy atom. The third-order valence-electron chi connectivity index (χ3n) is 2.61. The molecule has 2 rings (SSSR count). The molecule has 2 aromatic carbocycles. The van der Waals surface area contributed by atoms with Crippen LogP contribution >= 0.6 is 11.6 Å². The number of aliphatic carboxylic acids is 1. The Morgan fingerprint density at radius 3 is 2.53 bits per heavy atom. The van der Waals surface area contributed by atoms with Crippen LogP contribution in [0.2, 0.25) is 5.02 Å². The molecule has 0 aliphatic carbocycles. The van der Waals surface area contributed by atoms with Gasteiger partial charge in [0.15, 0.2) is 0 Å². The zero-order valence-electron chi connectivity index (χ0n) is 10.1. The SMILES string of the molecule is O=C(O)C[C@@H](Oc1cccc(Cl)c1)c1ccccc1. The summed E-state index contributed by atoms with van der Waals surface area (Å²) in [6.07, 6.45) is -0.631. The summed E-state index contributed by atoms with van der Waals surface area (Å²) in [6, 6.07) is 16.2. The van der Waals surface area contributed by atoms with Crippen LogP contribution in [0.4, 0.5) is 0 Å². The first-order chi connectivity index (χ1) is 9.15. The maximum Gasteiger partial charge on any atom is 0.307 e. The van der Waals surface area contributed by atoms with Gasteiger partial charge in [0.25, 0.3) is 0 Å². The molecule has 0 saturated carbocycles. The summed E-state index contributed by atoms with van der Waals surface area (Å²) in [5.74, 6) is -0.349. The maximum atomic E-state index is 10.9. The highest BCUT2D eigenvalue weighted by Gasteiger charge is 2.17. The molecular formula is C15H13ClO3. The average Bonchev–Trinajstić information content (AvgIpc) is 2.38. The Labute approximate surface area is 116 Å². The van der Waals surface area contributed by atoms with Crippen molar-refractivity contribution in [1.82, 2.24) is 0 Å². The van der Waals surface area contributed by atoms with Gasteiger partial charge in [0.1, 0.15) is 11.9 Å². The van der Waals surface area contributed by atoms with E-state index in [2.05, 4.69) is 0 Å². The molecule has 0 bridgehead atoms. The second-order valence-corrected chi connectivity index (χ2v) is 4.51. The molecule has 0 heterocycles. The number of hydrogen-bond acceptors (Lipinski definition) is 2. The van der Waals surface area contributed by atoms with Gasteiger partial charge in [0.2, 0.25) is 0 Å². The zero-order chi connectivity index (χ0) is 13.7. The first kappa shape index (κ1) is 13.4. The normalized spacial score (nSPS) is 11.8. The van der Waals surface area contributed by atoms with Crippen molar-refractivity contribution in [3.05, 3.63) is 65.2 Å². The fourth-order valence-electron chi connectivity index (χ4n) is 1.76. The Hall–Kier alpha value is -2.00. The largest absolute Gasteiger partial charge is 0.485 e. The predicted octanol–water partition coefficient (Wildman–Crippen LogP) is 3.93. The molecule has 0 aliphatic rings. The molecule has 1 atom stereocenters. The second-order valence-electron chi connectivity index (χ2n) is 4.07. The minimum atomic E-state index is -0.907. The Bertz CT molecular complexity index is 554. The molecule has 0 unspecified atom stereocenters. The first-order valence-corrected chi connectivity index (χ1v) is 6.22. The highest BCUT2D eigenvalue weighted by atomic mass is 35.5. The number of carbonyl (C=O) groups is 1. The summed E-state index contributed by atoms with van der Waals surface area (Å²) in [6.45, 7) is 0. The van der Waals surface area contributed by atoms with Gasteiger partial charge >= 0.3 is 5.97 Å². The standard InChI is InChI=1S/C15H13ClO3/c16-12-7-4-8-13(9-12)19-14(10-15(17)18)11-5-2-1-3-6-11/h1-9,14H,10H2,(H,17,18)/t14-/m1/s1. The van der Waals surface area contributed by atoms with E-state index in [-0.39, 0.29) is 6.42 Å². The zero-order valence-corrected chi connectivity index (χ0v) is 10.9. The number of carboxylic acid groups (broad SMARTS) is 1. The van der Waals surface area contributed by atoms with Crippen LogP contribution in [0.3, 0.4) is 0 Å². The fraction of sp³-hybridized carbons (Fsp3) is 0.133. The van der Waals surface area contributed by atoms with Crippen LogP contribution in [0.15, 0.2) is 54.6 Å². The fourth-order valence-corrected chi connectivity index (χ4v) is 1.94. The van der Waals surface area contributed by atoms with Crippen molar-refractivity contribution >= 4 is 17.6 Å². The number of hydrogen-bond donors (Lipinski definition) is 1. The van der Waals surface area contributed by atoms with E-state index in [4.69, 9.17) is 21.4 Å². The van der Waals surface area contributed by atoms with Gasteiger partial charge in [-0.2, -0.15) is 0 Å². The summed E-state index contributed by atoms with van der Waals surface area (Å²) >= 11 is 5.88. The molecule has 3 nitrogen and oxygen atoms in total. The predicted molar refractivity (Wildman–Crippen MR) is 73.5 cm³/mol. The average molecular weight is 277 g/mol. The lowest BCUT2D eigenvalue weighted by atomic mass is 10.1. The van der Waals surface area contributed by atoms with E-state index in [0.29, 0.717) is 10.8 Å². The maximum absolute atomic E-state index is 10.9. The molecule has 98 valence electrons. The Morgan fingerprint density at radius 2 is 1.89 bits per heavy atom. The van der Waals surface area contributed by atoms with Crippen LogP contribution in [-0.4, -0.2) is 11.1 Å². The number of halogens is 1. The van der Waals surface area contributed by atoms with E-state index < -0.39 is 12.1 Å². The highest BCUT2D eigenvalue weighted by Crippen LogP contribution is 2.26. The molecule has 4 heteroatoms. The van der Waals surface area contributed by atoms with Gasteiger partial charge in [-0.1, -0.05) is 48.0 Å². The van der Waals surface area contributed by atoms with E-state index >= 15 is 0 Å². The Kier molecular flexibility index (Phi) is 4.42. The van der Waals surface area contributed by atoms with Gasteiger partial charge in [-0.25, -0.2) is 0 Å². The monoisotopic (exact) mass is 276 g/mol. The van der Waals surface area contributed by atoms with E-state index in [1.807, 2.05) is 30.3 Å². The molecule has 0 aliphatic heterocycles. The number of carboxylic acids is 1. The van der Waals surface area contributed by atoms with Gasteiger partial charge in [-0.15, -0.1) is 0 Å². The lowest BCUT2D eigenvalue weighted by Crippen LogP contribution is -2.12. The molecule has 0 fully saturated rings. The lowest BCUT2D eigenvalue weighted by molar-refractivity contribution is -0.138. The van der Waals surface area contributed by atoms with Crippen LogP contribution in [0.25, 0.3) is 0 Å². The molecule has 0 saturated heterocycles.